The summed E-state index contributed by atoms with van der Waals surface area (Å²) in [5.41, 5.74) is 0. The van der Waals surface area contributed by atoms with Crippen molar-refractivity contribution in [2.75, 3.05) is 0 Å². The molecule has 0 rings (SSSR count). The van der Waals surface area contributed by atoms with Gasteiger partial charge >= 0.3 is 93.3 Å². The Bertz CT molecular complexity index is 2550. The van der Waals surface area contributed by atoms with E-state index in [1.54, 1.807) is 0 Å². The van der Waals surface area contributed by atoms with Crippen LogP contribution in [0.2, 0.25) is 0 Å². The summed E-state index contributed by atoms with van der Waals surface area (Å²) in [6, 6.07) is 0. The molecule has 61 heavy (non-hydrogen) atoms. The maximum atomic E-state index is 13.4. The molecule has 0 saturated carbocycles. The third-order valence-corrected chi connectivity index (χ3v) is 30.9. The fourth-order valence-corrected chi connectivity index (χ4v) is 32.4. The van der Waals surface area contributed by atoms with Crippen LogP contribution in [0.15, 0.2) is 0 Å². The molecule has 364 valence electrons. The average molecular weight is 1120 g/mol. The van der Waals surface area contributed by atoms with Crippen molar-refractivity contribution in [3.63, 3.8) is 0 Å². The monoisotopic (exact) mass is 1120 g/mol. The Morgan fingerprint density at radius 3 is 0.754 bits per heavy atom. The molecule has 0 amide bonds. The van der Waals surface area contributed by atoms with Crippen LogP contribution in [0.1, 0.15) is 98.2 Å². The number of hydrogen-bond donors (Lipinski definition) is 10. The van der Waals surface area contributed by atoms with Crippen molar-refractivity contribution in [3.8, 4) is 0 Å². The molecule has 0 bridgehead atoms. The zero-order chi connectivity index (χ0) is 48.5. The summed E-state index contributed by atoms with van der Waals surface area (Å²) in [6.07, 6.45) is 2.00. The van der Waals surface area contributed by atoms with Crippen LogP contribution in [0.4, 0.5) is 0 Å². The molecule has 0 spiro atoms. The van der Waals surface area contributed by atoms with E-state index in [0.717, 1.165) is 38.5 Å². The molecule has 0 radical (unpaired) electrons. The van der Waals surface area contributed by atoms with Gasteiger partial charge in [-0.25, -0.2) is 0 Å². The molecule has 0 aliphatic heterocycles. The van der Waals surface area contributed by atoms with Gasteiger partial charge in [-0.15, -0.1) is 0 Å². The van der Waals surface area contributed by atoms with Gasteiger partial charge in [-0.1, -0.05) is 90.4 Å². The van der Waals surface area contributed by atoms with Crippen LogP contribution in [0.25, 0.3) is 0 Å². The standard InChI is InChI=1S/C20H42O30S10.K.H/c1-2-3-4-5-6-7-8-9-10-11-12-13-14-15-16(51(21,22)23)17(52(24,25)26,53(27,28)29)18(54(30,31)32,55(33,34)35)19(56(36,37)38,57(39,40)41)20(58(42,43)44,59(45,46)47)60(48,49)50;;/h16H,2-15H2,1H3,(H,21,22,23)(H,24,25,26)(H,27,28,29)(H,30,31,32)(H,33,34,35)(H,36,37,38)(H,39,40,41)(H,42,43,44)(H,45,46,47)(H,48,49,50);;/q;+1;-1. The van der Waals surface area contributed by atoms with Gasteiger partial charge in [0.2, 0.25) is 0 Å². The van der Waals surface area contributed by atoms with E-state index >= 15 is 0 Å². The maximum Gasteiger partial charge on any atom is 1.00 e. The predicted octanol–water partition coefficient (Wildman–Crippen LogP) is -4.43. The largest absolute Gasteiger partial charge is 1.00 e. The van der Waals surface area contributed by atoms with E-state index in [9.17, 15) is 130 Å². The summed E-state index contributed by atoms with van der Waals surface area (Å²) in [5.74, 6) is 0. The Labute approximate surface area is 396 Å². The maximum absolute atomic E-state index is 13.4. The summed E-state index contributed by atoms with van der Waals surface area (Å²) in [7, 11) is -90.6. The van der Waals surface area contributed by atoms with Gasteiger partial charge in [-0.3, -0.25) is 45.5 Å². The van der Waals surface area contributed by atoms with Gasteiger partial charge in [-0.05, 0) is 6.42 Å². The van der Waals surface area contributed by atoms with E-state index < -0.39 is 141 Å². The molecule has 0 aliphatic carbocycles. The van der Waals surface area contributed by atoms with Crippen molar-refractivity contribution in [2.45, 2.75) is 118 Å². The average Bonchev–Trinajstić information content (AvgIpc) is 2.93. The quantitative estimate of drug-likeness (QED) is 0.0201. The third-order valence-electron chi connectivity index (χ3n) is 8.89. The van der Waals surface area contributed by atoms with Crippen LogP contribution in [0, 0.1) is 0 Å². The Kier molecular flexibility index (Phi) is 21.9. The minimum absolute atomic E-state index is 0. The van der Waals surface area contributed by atoms with Gasteiger partial charge in [0.05, 0.1) is 0 Å². The van der Waals surface area contributed by atoms with Gasteiger partial charge in [0.1, 0.15) is 5.25 Å². The zero-order valence-electron chi connectivity index (χ0n) is 32.2. The zero-order valence-corrected chi connectivity index (χ0v) is 42.5. The smallest absolute Gasteiger partial charge is 1.00 e. The van der Waals surface area contributed by atoms with Crippen LogP contribution < -0.4 is 51.4 Å². The first kappa shape index (κ1) is 63.8. The Hall–Kier alpha value is 0.736. The van der Waals surface area contributed by atoms with E-state index in [0.29, 0.717) is 19.3 Å². The van der Waals surface area contributed by atoms with Gasteiger partial charge in [0, 0.05) is 0 Å². The molecule has 0 aliphatic rings. The second kappa shape index (κ2) is 20.9. The summed E-state index contributed by atoms with van der Waals surface area (Å²) in [5, 5.41) is -5.34. The van der Waals surface area contributed by atoms with E-state index in [1.165, 1.54) is 0 Å². The molecule has 1 atom stereocenters. The van der Waals surface area contributed by atoms with Gasteiger partial charge in [-0.2, -0.15) is 84.2 Å². The topological polar surface area (TPSA) is 544 Å². The first-order valence-electron chi connectivity index (χ1n) is 15.9. The minimum Gasteiger partial charge on any atom is -1.00 e. The molecule has 0 aromatic heterocycles. The van der Waals surface area contributed by atoms with Crippen molar-refractivity contribution >= 4 is 101 Å². The first-order valence-corrected chi connectivity index (χ1v) is 30.3. The van der Waals surface area contributed by atoms with Gasteiger partial charge in [0.25, 0.3) is 74.9 Å². The number of hydrogen-bond acceptors (Lipinski definition) is 20. The van der Waals surface area contributed by atoms with Crippen molar-refractivity contribution in [2.24, 2.45) is 0 Å². The van der Waals surface area contributed by atoms with Crippen molar-refractivity contribution in [1.82, 2.24) is 0 Å². The number of unbranched alkanes of at least 4 members (excludes halogenated alkanes) is 12. The van der Waals surface area contributed by atoms with Crippen molar-refractivity contribution in [3.05, 3.63) is 0 Å². The van der Waals surface area contributed by atoms with E-state index in [1.807, 2.05) is 6.92 Å². The molecular weight excluding hydrogens is 1080 g/mol. The van der Waals surface area contributed by atoms with Crippen molar-refractivity contribution in [1.29, 1.82) is 0 Å². The molecule has 30 nitrogen and oxygen atoms in total. The second-order valence-electron chi connectivity index (χ2n) is 12.8. The van der Waals surface area contributed by atoms with E-state index in [2.05, 4.69) is 0 Å². The summed E-state index contributed by atoms with van der Waals surface area (Å²) in [4.78, 5) is 0. The molecule has 41 heteroatoms. The third kappa shape index (κ3) is 11.4. The molecule has 0 aromatic rings. The molecule has 10 N–H and O–H groups in total. The Balaban J connectivity index is -0.0000174. The second-order valence-corrected chi connectivity index (χ2v) is 30.0. The Morgan fingerprint density at radius 2 is 0.574 bits per heavy atom. The van der Waals surface area contributed by atoms with Crippen LogP contribution in [0.3, 0.4) is 0 Å². The fraction of sp³-hybridized carbons (Fsp3) is 1.00. The normalized spacial score (nSPS) is 15.9. The summed E-state index contributed by atoms with van der Waals surface area (Å²) < 4.78 is 330. The van der Waals surface area contributed by atoms with Crippen LogP contribution >= 0.6 is 0 Å². The first-order chi connectivity index (χ1) is 26.2. The van der Waals surface area contributed by atoms with Gasteiger partial charge in [0.15, 0.2) is 0 Å². The van der Waals surface area contributed by atoms with E-state index in [4.69, 9.17) is 0 Å². The SMILES string of the molecule is CCCCCCCCCCCCCCCC(C(C(C(C(S(=O)(=O)O)(S(=O)(=O)O)S(=O)(=O)O)(S(=O)(=O)O)S(=O)(=O)O)(S(=O)(=O)O)S(=O)(=O)O)(S(=O)(=O)O)S(=O)(=O)O)S(=O)(=O)O.[H-].[K+]. The molecule has 0 heterocycles. The molecular formula is C20H43KO30S10. The predicted molar refractivity (Wildman–Crippen MR) is 202 cm³/mol. The Morgan fingerprint density at radius 1 is 0.344 bits per heavy atom. The summed E-state index contributed by atoms with van der Waals surface area (Å²) in [6.45, 7) is 1.99. The van der Waals surface area contributed by atoms with Gasteiger partial charge < -0.3 is 1.43 Å². The van der Waals surface area contributed by atoms with Crippen LogP contribution in [-0.2, 0) is 101 Å². The fourth-order valence-electron chi connectivity index (χ4n) is 6.86. The van der Waals surface area contributed by atoms with E-state index in [-0.39, 0.29) is 65.7 Å². The van der Waals surface area contributed by atoms with Crippen LogP contribution in [0.5, 0.6) is 0 Å². The molecule has 0 saturated heterocycles. The molecule has 1 unspecified atom stereocenters. The molecule has 0 aromatic carbocycles. The van der Waals surface area contributed by atoms with Crippen LogP contribution in [-0.4, -0.2) is 151 Å². The van der Waals surface area contributed by atoms with Crippen molar-refractivity contribution < 1.29 is 183 Å². The minimum atomic E-state index is -9.51. The summed E-state index contributed by atoms with van der Waals surface area (Å²) >= 11 is 0. The number of rotatable bonds is 28. The molecule has 0 fully saturated rings.